The molecule has 7 atom stereocenters. The van der Waals surface area contributed by atoms with E-state index in [-0.39, 0.29) is 36.0 Å². The normalized spacial score (nSPS) is 35.8. The van der Waals surface area contributed by atoms with Crippen molar-refractivity contribution in [3.63, 3.8) is 0 Å². The maximum absolute atomic E-state index is 13.5. The number of hydrazine groups is 1. The molecule has 0 amide bonds. The number of nitrogens with two attached hydrogens (primary N) is 2. The van der Waals surface area contributed by atoms with Crippen LogP contribution in [0.15, 0.2) is 24.3 Å². The second-order valence-electron chi connectivity index (χ2n) is 11.2. The molecular formula is C27H41F2N3O. The van der Waals surface area contributed by atoms with Crippen molar-refractivity contribution in [3.05, 3.63) is 24.3 Å². The maximum atomic E-state index is 13.5. The number of ketones is 1. The molecule has 184 valence electrons. The van der Waals surface area contributed by atoms with Crippen molar-refractivity contribution in [1.29, 1.82) is 0 Å². The van der Waals surface area contributed by atoms with E-state index in [2.05, 4.69) is 13.8 Å². The Morgan fingerprint density at radius 2 is 1.91 bits per heavy atom. The molecule has 3 fully saturated rings. The van der Waals surface area contributed by atoms with Gasteiger partial charge in [-0.1, -0.05) is 38.8 Å². The van der Waals surface area contributed by atoms with Crippen molar-refractivity contribution < 1.29 is 13.6 Å². The van der Waals surface area contributed by atoms with Crippen molar-refractivity contribution in [2.45, 2.75) is 78.1 Å². The molecule has 6 heteroatoms. The van der Waals surface area contributed by atoms with Crippen LogP contribution in [0.5, 0.6) is 0 Å². The number of fused-ring (bicyclic) bond motifs is 3. The smallest absolute Gasteiger partial charge is 0.238 e. The number of halogens is 2. The molecule has 0 aromatic heterocycles. The van der Waals surface area contributed by atoms with E-state index in [1.165, 1.54) is 5.01 Å². The summed E-state index contributed by atoms with van der Waals surface area (Å²) < 4.78 is 26.5. The summed E-state index contributed by atoms with van der Waals surface area (Å²) in [5, 5.41) is 1.49. The molecule has 33 heavy (non-hydrogen) atoms. The second kappa shape index (κ2) is 9.89. The molecule has 4 N–H and O–H groups in total. The van der Waals surface area contributed by atoms with Gasteiger partial charge in [0.1, 0.15) is 0 Å². The molecular weight excluding hydrogens is 420 g/mol. The SMILES string of the molecule is CCCC1C(CC(F)F)CCC2C1CCC1(C)C(C(=O)CN(N)c3ccccc3N)CCC21. The van der Waals surface area contributed by atoms with Gasteiger partial charge in [0.25, 0.3) is 0 Å². The molecule has 0 spiro atoms. The van der Waals surface area contributed by atoms with E-state index in [0.717, 1.165) is 51.4 Å². The maximum Gasteiger partial charge on any atom is 0.238 e. The van der Waals surface area contributed by atoms with Gasteiger partial charge >= 0.3 is 0 Å². The first-order chi connectivity index (χ1) is 15.8. The predicted molar refractivity (Wildman–Crippen MR) is 130 cm³/mol. The number of hydrogen-bond donors (Lipinski definition) is 2. The van der Waals surface area contributed by atoms with E-state index in [0.29, 0.717) is 35.0 Å². The fourth-order valence-electron chi connectivity index (χ4n) is 8.18. The number of Topliss-reactive ketones (excluding diaryl/α,β-unsaturated/α-hetero) is 1. The molecule has 0 heterocycles. The minimum absolute atomic E-state index is 0.00631. The Kier molecular flexibility index (Phi) is 7.32. The topological polar surface area (TPSA) is 72.3 Å². The van der Waals surface area contributed by atoms with Gasteiger partial charge in [0, 0.05) is 12.3 Å². The molecule has 3 saturated carbocycles. The number of nitrogen functional groups attached to an aromatic ring is 1. The van der Waals surface area contributed by atoms with Gasteiger partial charge in [-0.2, -0.15) is 0 Å². The third-order valence-corrected chi connectivity index (χ3v) is 9.58. The quantitative estimate of drug-likeness (QED) is 0.280. The first-order valence-electron chi connectivity index (χ1n) is 12.9. The molecule has 4 nitrogen and oxygen atoms in total. The van der Waals surface area contributed by atoms with E-state index in [9.17, 15) is 13.6 Å². The van der Waals surface area contributed by atoms with E-state index in [1.54, 1.807) is 6.07 Å². The number of para-hydroxylation sites is 2. The fourth-order valence-corrected chi connectivity index (χ4v) is 8.18. The lowest BCUT2D eigenvalue weighted by Crippen LogP contribution is -2.49. The van der Waals surface area contributed by atoms with Crippen LogP contribution >= 0.6 is 0 Å². The average Bonchev–Trinajstić information content (AvgIpc) is 3.12. The van der Waals surface area contributed by atoms with Gasteiger partial charge in [-0.05, 0) is 85.7 Å². The average molecular weight is 462 g/mol. The summed E-state index contributed by atoms with van der Waals surface area (Å²) in [6.07, 6.45) is 6.04. The molecule has 0 aliphatic heterocycles. The number of rotatable bonds is 8. The van der Waals surface area contributed by atoms with Gasteiger partial charge < -0.3 is 10.7 Å². The van der Waals surface area contributed by atoms with Crippen molar-refractivity contribution in [3.8, 4) is 0 Å². The van der Waals surface area contributed by atoms with Crippen LogP contribution < -0.4 is 16.6 Å². The highest BCUT2D eigenvalue weighted by Gasteiger charge is 2.57. The zero-order valence-corrected chi connectivity index (χ0v) is 20.2. The van der Waals surface area contributed by atoms with Crippen molar-refractivity contribution >= 4 is 17.2 Å². The molecule has 4 rings (SSSR count). The lowest BCUT2D eigenvalue weighted by Gasteiger charge is -2.54. The summed E-state index contributed by atoms with van der Waals surface area (Å²) in [4.78, 5) is 13.5. The molecule has 3 aliphatic rings. The molecule has 7 unspecified atom stereocenters. The second-order valence-corrected chi connectivity index (χ2v) is 11.2. The monoisotopic (exact) mass is 461 g/mol. The van der Waals surface area contributed by atoms with E-state index >= 15 is 0 Å². The van der Waals surface area contributed by atoms with Gasteiger partial charge in [-0.15, -0.1) is 0 Å². The van der Waals surface area contributed by atoms with E-state index in [4.69, 9.17) is 11.6 Å². The first kappa shape index (κ1) is 24.4. The first-order valence-corrected chi connectivity index (χ1v) is 12.9. The van der Waals surface area contributed by atoms with Crippen LogP contribution in [0.3, 0.4) is 0 Å². The van der Waals surface area contributed by atoms with Gasteiger partial charge in [-0.3, -0.25) is 4.79 Å². The predicted octanol–water partition coefficient (Wildman–Crippen LogP) is 6.06. The van der Waals surface area contributed by atoms with Crippen molar-refractivity contribution in [1.82, 2.24) is 0 Å². The summed E-state index contributed by atoms with van der Waals surface area (Å²) in [6.45, 7) is 4.67. The van der Waals surface area contributed by atoms with E-state index in [1.807, 2.05) is 18.2 Å². The Morgan fingerprint density at radius 3 is 2.61 bits per heavy atom. The highest BCUT2D eigenvalue weighted by atomic mass is 19.3. The van der Waals surface area contributed by atoms with Gasteiger partial charge in [0.05, 0.1) is 17.9 Å². The molecule has 0 saturated heterocycles. The highest BCUT2D eigenvalue weighted by molar-refractivity contribution is 5.87. The molecule has 1 aromatic rings. The Hall–Kier alpha value is -1.69. The van der Waals surface area contributed by atoms with Crippen molar-refractivity contribution in [2.24, 2.45) is 46.8 Å². The summed E-state index contributed by atoms with van der Waals surface area (Å²) in [7, 11) is 0. The van der Waals surface area contributed by atoms with Crippen LogP contribution in [-0.4, -0.2) is 18.8 Å². The molecule has 3 aliphatic carbocycles. The van der Waals surface area contributed by atoms with Gasteiger partial charge in [0.2, 0.25) is 6.43 Å². The number of carbonyl (C=O) groups excluding carboxylic acids is 1. The number of benzene rings is 1. The standard InChI is InChI=1S/C27H41F2N3O/c1-3-6-18-17(15-26(28)29)9-10-20-19(18)13-14-27(2)21(20)11-12-22(27)25(33)16-32(31)24-8-5-4-7-23(24)30/h4-5,7-8,17-22,26H,3,6,9-16,30-31H2,1-2H3. The van der Waals surface area contributed by atoms with Crippen LogP contribution in [0.4, 0.5) is 20.2 Å². The zero-order chi connectivity index (χ0) is 23.8. The van der Waals surface area contributed by atoms with Gasteiger partial charge in [0.15, 0.2) is 5.78 Å². The Labute approximate surface area is 197 Å². The number of hydrogen-bond acceptors (Lipinski definition) is 4. The Morgan fingerprint density at radius 1 is 1.15 bits per heavy atom. The minimum Gasteiger partial charge on any atom is -0.397 e. The summed E-state index contributed by atoms with van der Waals surface area (Å²) >= 11 is 0. The molecule has 1 aromatic carbocycles. The Balaban J connectivity index is 1.47. The summed E-state index contributed by atoms with van der Waals surface area (Å²) in [6, 6.07) is 7.38. The van der Waals surface area contributed by atoms with Crippen LogP contribution in [-0.2, 0) is 4.79 Å². The number of anilines is 2. The van der Waals surface area contributed by atoms with Crippen molar-refractivity contribution in [2.75, 3.05) is 17.3 Å². The lowest BCUT2D eigenvalue weighted by atomic mass is 9.50. The molecule has 0 bridgehead atoms. The lowest BCUT2D eigenvalue weighted by molar-refractivity contribution is -0.129. The van der Waals surface area contributed by atoms with Crippen LogP contribution in [0, 0.1) is 40.9 Å². The fraction of sp³-hybridized carbons (Fsp3) is 0.741. The van der Waals surface area contributed by atoms with Crippen LogP contribution in [0.1, 0.15) is 71.6 Å². The zero-order valence-electron chi connectivity index (χ0n) is 20.2. The van der Waals surface area contributed by atoms with E-state index < -0.39 is 6.43 Å². The summed E-state index contributed by atoms with van der Waals surface area (Å²) in [5.74, 6) is 8.71. The number of alkyl halides is 2. The van der Waals surface area contributed by atoms with Gasteiger partial charge in [-0.25, -0.2) is 14.6 Å². The third kappa shape index (κ3) is 4.65. The Bertz CT molecular complexity index is 833. The largest absolute Gasteiger partial charge is 0.397 e. The van der Waals surface area contributed by atoms with Crippen LogP contribution in [0.25, 0.3) is 0 Å². The number of carbonyl (C=O) groups is 1. The minimum atomic E-state index is -2.20. The number of nitrogens with zero attached hydrogens (tertiary/aromatic N) is 1. The highest BCUT2D eigenvalue weighted by Crippen LogP contribution is 2.63. The third-order valence-electron chi connectivity index (χ3n) is 9.58. The van der Waals surface area contributed by atoms with Crippen LogP contribution in [0.2, 0.25) is 0 Å². The molecule has 0 radical (unpaired) electrons. The summed E-state index contributed by atoms with van der Waals surface area (Å²) in [5.41, 5.74) is 7.31.